The number of hydrogen-bond acceptors (Lipinski definition) is 5. The molecule has 22 heavy (non-hydrogen) atoms. The van der Waals surface area contributed by atoms with Gasteiger partial charge in [-0.2, -0.15) is 0 Å². The maximum Gasteiger partial charge on any atom is 0.354 e. The molecule has 2 heterocycles. The summed E-state index contributed by atoms with van der Waals surface area (Å²) in [7, 11) is 1.59. The Morgan fingerprint density at radius 3 is 2.86 bits per heavy atom. The van der Waals surface area contributed by atoms with Crippen molar-refractivity contribution in [2.24, 2.45) is 5.92 Å². The maximum atomic E-state index is 12.3. The molecule has 7 nitrogen and oxygen atoms in total. The lowest BCUT2D eigenvalue weighted by Gasteiger charge is -2.30. The summed E-state index contributed by atoms with van der Waals surface area (Å²) >= 11 is 0. The SMILES string of the molecule is COCC(NC(=O)c1ccnc(C(=O)O)c1)C1CCOCC1. The lowest BCUT2D eigenvalue weighted by atomic mass is 9.92. The Morgan fingerprint density at radius 2 is 2.23 bits per heavy atom. The van der Waals surface area contributed by atoms with Crippen LogP contribution < -0.4 is 5.32 Å². The fourth-order valence-electron chi connectivity index (χ4n) is 2.53. The lowest BCUT2D eigenvalue weighted by Crippen LogP contribution is -2.45. The minimum absolute atomic E-state index is 0.122. The molecule has 1 aromatic rings. The third-order valence-corrected chi connectivity index (χ3v) is 3.74. The fraction of sp³-hybridized carbons (Fsp3) is 0.533. The second-order valence-electron chi connectivity index (χ2n) is 5.22. The molecular weight excluding hydrogens is 288 g/mol. The van der Waals surface area contributed by atoms with Gasteiger partial charge in [-0.3, -0.25) is 4.79 Å². The normalized spacial score (nSPS) is 17.0. The van der Waals surface area contributed by atoms with Gasteiger partial charge in [-0.15, -0.1) is 0 Å². The molecule has 0 aromatic carbocycles. The van der Waals surface area contributed by atoms with Gasteiger partial charge in [0.25, 0.3) is 5.91 Å². The van der Waals surface area contributed by atoms with Crippen LogP contribution in [0, 0.1) is 5.92 Å². The Balaban J connectivity index is 2.06. The van der Waals surface area contributed by atoms with Gasteiger partial charge in [-0.05, 0) is 30.9 Å². The molecule has 0 bridgehead atoms. The van der Waals surface area contributed by atoms with Crippen LogP contribution in [-0.2, 0) is 9.47 Å². The number of nitrogens with one attached hydrogen (secondary N) is 1. The smallest absolute Gasteiger partial charge is 0.354 e. The Bertz CT molecular complexity index is 528. The molecule has 1 unspecified atom stereocenters. The van der Waals surface area contributed by atoms with Gasteiger partial charge >= 0.3 is 5.97 Å². The highest BCUT2D eigenvalue weighted by molar-refractivity contribution is 5.96. The second-order valence-corrected chi connectivity index (χ2v) is 5.22. The number of aromatic nitrogens is 1. The zero-order valence-corrected chi connectivity index (χ0v) is 12.4. The van der Waals surface area contributed by atoms with E-state index in [1.165, 1.54) is 18.3 Å². The Hall–Kier alpha value is -1.99. The number of methoxy groups -OCH3 is 1. The van der Waals surface area contributed by atoms with Crippen LogP contribution in [0.2, 0.25) is 0 Å². The minimum Gasteiger partial charge on any atom is -0.477 e. The molecule has 7 heteroatoms. The van der Waals surface area contributed by atoms with E-state index >= 15 is 0 Å². The molecule has 1 atom stereocenters. The van der Waals surface area contributed by atoms with Crippen LogP contribution in [0.5, 0.6) is 0 Å². The summed E-state index contributed by atoms with van der Waals surface area (Å²) in [6.07, 6.45) is 3.05. The monoisotopic (exact) mass is 308 g/mol. The molecule has 1 amide bonds. The molecule has 0 saturated carbocycles. The third kappa shape index (κ3) is 4.25. The maximum absolute atomic E-state index is 12.3. The summed E-state index contributed by atoms with van der Waals surface area (Å²) in [6.45, 7) is 1.77. The van der Waals surface area contributed by atoms with E-state index in [9.17, 15) is 9.59 Å². The molecule has 1 aliphatic heterocycles. The summed E-state index contributed by atoms with van der Waals surface area (Å²) in [6, 6.07) is 2.64. The third-order valence-electron chi connectivity index (χ3n) is 3.74. The van der Waals surface area contributed by atoms with Gasteiger partial charge in [0.2, 0.25) is 0 Å². The number of hydrogen-bond donors (Lipinski definition) is 2. The van der Waals surface area contributed by atoms with Gasteiger partial charge in [0, 0.05) is 32.1 Å². The van der Waals surface area contributed by atoms with Gasteiger partial charge in [0.05, 0.1) is 12.6 Å². The summed E-state index contributed by atoms with van der Waals surface area (Å²) in [5.41, 5.74) is 0.127. The van der Waals surface area contributed by atoms with Crippen molar-refractivity contribution in [3.63, 3.8) is 0 Å². The number of pyridine rings is 1. The lowest BCUT2D eigenvalue weighted by molar-refractivity contribution is 0.0361. The van der Waals surface area contributed by atoms with Crippen molar-refractivity contribution in [2.45, 2.75) is 18.9 Å². The summed E-state index contributed by atoms with van der Waals surface area (Å²) < 4.78 is 10.5. The summed E-state index contributed by atoms with van der Waals surface area (Å²) in [5, 5.41) is 11.9. The molecule has 1 aromatic heterocycles. The van der Waals surface area contributed by atoms with Crippen molar-refractivity contribution in [1.29, 1.82) is 0 Å². The van der Waals surface area contributed by atoms with Crippen LogP contribution in [0.3, 0.4) is 0 Å². The molecule has 1 aliphatic rings. The predicted octanol–water partition coefficient (Wildman–Crippen LogP) is 0.951. The predicted molar refractivity (Wildman–Crippen MR) is 77.9 cm³/mol. The number of carboxylic acids is 1. The molecule has 1 fully saturated rings. The van der Waals surface area contributed by atoms with Crippen molar-refractivity contribution >= 4 is 11.9 Å². The van der Waals surface area contributed by atoms with Gasteiger partial charge in [0.1, 0.15) is 5.69 Å². The van der Waals surface area contributed by atoms with Gasteiger partial charge in [-0.25, -0.2) is 9.78 Å². The fourth-order valence-corrected chi connectivity index (χ4v) is 2.53. The van der Waals surface area contributed by atoms with E-state index in [1.807, 2.05) is 0 Å². The van der Waals surface area contributed by atoms with Crippen molar-refractivity contribution in [2.75, 3.05) is 26.9 Å². The van der Waals surface area contributed by atoms with E-state index in [2.05, 4.69) is 10.3 Å². The van der Waals surface area contributed by atoms with Crippen LogP contribution in [0.4, 0.5) is 0 Å². The summed E-state index contributed by atoms with van der Waals surface area (Å²) in [5.74, 6) is -1.19. The molecule has 0 aliphatic carbocycles. The molecule has 0 radical (unpaired) electrons. The molecule has 120 valence electrons. The van der Waals surface area contributed by atoms with Crippen molar-refractivity contribution < 1.29 is 24.2 Å². The van der Waals surface area contributed by atoms with E-state index < -0.39 is 5.97 Å². The quantitative estimate of drug-likeness (QED) is 0.812. The largest absolute Gasteiger partial charge is 0.477 e. The number of carboxylic acid groups (broad SMARTS) is 1. The highest BCUT2D eigenvalue weighted by Crippen LogP contribution is 2.19. The number of carbonyl (C=O) groups excluding carboxylic acids is 1. The standard InChI is InChI=1S/C15H20N2O5/c1-21-9-13(10-3-6-22-7-4-10)17-14(18)11-2-5-16-12(8-11)15(19)20/h2,5,8,10,13H,3-4,6-7,9H2,1H3,(H,17,18)(H,19,20). The van der Waals surface area contributed by atoms with Crippen molar-refractivity contribution in [3.8, 4) is 0 Å². The van der Waals surface area contributed by atoms with Crippen LogP contribution in [0.15, 0.2) is 18.3 Å². The van der Waals surface area contributed by atoms with Crippen LogP contribution in [-0.4, -0.2) is 54.9 Å². The molecule has 0 spiro atoms. The Labute approximate surface area is 128 Å². The van der Waals surface area contributed by atoms with Crippen molar-refractivity contribution in [1.82, 2.24) is 10.3 Å². The van der Waals surface area contributed by atoms with Crippen LogP contribution >= 0.6 is 0 Å². The first kappa shape index (κ1) is 16.4. The van der Waals surface area contributed by atoms with E-state index in [4.69, 9.17) is 14.6 Å². The zero-order valence-electron chi connectivity index (χ0n) is 12.4. The average Bonchev–Trinajstić information content (AvgIpc) is 2.55. The Morgan fingerprint density at radius 1 is 1.50 bits per heavy atom. The first-order valence-corrected chi connectivity index (χ1v) is 7.18. The topological polar surface area (TPSA) is 97.8 Å². The number of aromatic carboxylic acids is 1. The first-order chi connectivity index (χ1) is 10.6. The zero-order chi connectivity index (χ0) is 15.9. The molecule has 1 saturated heterocycles. The van der Waals surface area contributed by atoms with Gasteiger partial charge in [0.15, 0.2) is 0 Å². The van der Waals surface area contributed by atoms with Crippen LogP contribution in [0.25, 0.3) is 0 Å². The highest BCUT2D eigenvalue weighted by atomic mass is 16.5. The molecular formula is C15H20N2O5. The number of rotatable bonds is 6. The number of nitrogens with zero attached hydrogens (tertiary/aromatic N) is 1. The van der Waals surface area contributed by atoms with E-state index in [-0.39, 0.29) is 23.2 Å². The van der Waals surface area contributed by atoms with E-state index in [1.54, 1.807) is 7.11 Å². The number of carbonyl (C=O) groups is 2. The van der Waals surface area contributed by atoms with Crippen LogP contribution in [0.1, 0.15) is 33.7 Å². The van der Waals surface area contributed by atoms with E-state index in [0.29, 0.717) is 25.7 Å². The molecule has 2 rings (SSSR count). The molecule has 2 N–H and O–H groups in total. The first-order valence-electron chi connectivity index (χ1n) is 7.18. The highest BCUT2D eigenvalue weighted by Gasteiger charge is 2.26. The number of amides is 1. The van der Waals surface area contributed by atoms with Gasteiger partial charge < -0.3 is 19.9 Å². The van der Waals surface area contributed by atoms with Gasteiger partial charge in [-0.1, -0.05) is 0 Å². The Kier molecular flexibility index (Phi) is 5.85. The number of ether oxygens (including phenoxy) is 2. The second kappa shape index (κ2) is 7.86. The average molecular weight is 308 g/mol. The minimum atomic E-state index is -1.16. The summed E-state index contributed by atoms with van der Waals surface area (Å²) in [4.78, 5) is 27.0. The van der Waals surface area contributed by atoms with E-state index in [0.717, 1.165) is 12.8 Å². The van der Waals surface area contributed by atoms with Crippen molar-refractivity contribution in [3.05, 3.63) is 29.6 Å².